The van der Waals surface area contributed by atoms with Crippen molar-refractivity contribution in [3.8, 4) is 0 Å². The summed E-state index contributed by atoms with van der Waals surface area (Å²) in [5, 5.41) is 0. The second-order valence-electron chi connectivity index (χ2n) is 2.82. The lowest BCUT2D eigenvalue weighted by atomic mass is 9.92. The molecule has 76 valence electrons. The van der Waals surface area contributed by atoms with Crippen LogP contribution in [0.2, 0.25) is 0 Å². The van der Waals surface area contributed by atoms with E-state index in [0.29, 0.717) is 0 Å². The molecule has 1 aliphatic heterocycles. The molecule has 0 spiro atoms. The molecule has 1 aliphatic rings. The molecule has 0 bridgehead atoms. The molecule has 1 rings (SSSR count). The highest BCUT2D eigenvalue weighted by molar-refractivity contribution is 5.40. The monoisotopic (exact) mass is 196 g/mol. The fraction of sp³-hybridized carbons (Fsp3) is 0.429. The molecule has 0 atom stereocenters. The van der Waals surface area contributed by atoms with E-state index in [2.05, 4.69) is 46.8 Å². The Balaban J connectivity index is 3.19. The van der Waals surface area contributed by atoms with Gasteiger partial charge < -0.3 is 11.5 Å². The molecule has 0 saturated carbocycles. The molecule has 1 fully saturated rings. The first kappa shape index (κ1) is 10.6. The molecule has 0 radical (unpaired) electrons. The van der Waals surface area contributed by atoms with E-state index in [1.165, 1.54) is 0 Å². The molecule has 7 nitrogen and oxygen atoms in total. The average Bonchev–Trinajstić information content (AvgIpc) is 2.19. The number of nitrogens with zero attached hydrogens (tertiary/aromatic N) is 4. The van der Waals surface area contributed by atoms with Crippen LogP contribution in [0.1, 0.15) is 0 Å². The van der Waals surface area contributed by atoms with E-state index >= 15 is 0 Å². The van der Waals surface area contributed by atoms with Gasteiger partial charge in [-0.1, -0.05) is 0 Å². The van der Waals surface area contributed by atoms with Crippen LogP contribution in [0.25, 0.3) is 0 Å². The summed E-state index contributed by atoms with van der Waals surface area (Å²) in [6.07, 6.45) is 0. The quantitative estimate of drug-likeness (QED) is 0.432. The predicted octanol–water partition coefficient (Wildman–Crippen LogP) is -1.26. The van der Waals surface area contributed by atoms with Crippen molar-refractivity contribution in [2.45, 2.75) is 17.4 Å². The first-order valence-electron chi connectivity index (χ1n) is 3.64. The minimum absolute atomic E-state index is 1.55. The van der Waals surface area contributed by atoms with Crippen LogP contribution in [0.5, 0.6) is 0 Å². The highest BCUT2D eigenvalue weighted by Crippen LogP contribution is 2.48. The maximum absolute atomic E-state index is 5.74. The second-order valence-corrected chi connectivity index (χ2v) is 2.82. The Hall–Kier alpha value is -1.44. The molecule has 1 saturated heterocycles. The fourth-order valence-corrected chi connectivity index (χ4v) is 1.29. The molecule has 0 aromatic heterocycles. The average molecular weight is 196 g/mol. The summed E-state index contributed by atoms with van der Waals surface area (Å²) in [4.78, 5) is 14.2. The number of hydrogen-bond donors (Lipinski definition) is 2. The van der Waals surface area contributed by atoms with E-state index in [4.69, 9.17) is 16.2 Å². The van der Waals surface area contributed by atoms with E-state index in [1.54, 1.807) is 0 Å². The number of ether oxygens (including phenoxy) is 1. The van der Waals surface area contributed by atoms with Crippen molar-refractivity contribution in [2.75, 3.05) is 0 Å². The van der Waals surface area contributed by atoms with E-state index < -0.39 is 17.4 Å². The van der Waals surface area contributed by atoms with Crippen molar-refractivity contribution in [2.24, 2.45) is 31.4 Å². The Morgan fingerprint density at radius 2 is 1.07 bits per heavy atom. The number of nitrogens with two attached hydrogens (primary N) is 2. The zero-order chi connectivity index (χ0) is 11.0. The fourth-order valence-electron chi connectivity index (χ4n) is 1.29. The minimum atomic E-state index is -1.59. The highest BCUT2D eigenvalue weighted by Gasteiger charge is 2.75. The highest BCUT2D eigenvalue weighted by atomic mass is 16.6. The SMILES string of the molecule is C=NC1(N=C)OC(N=C)(N=C)C1(N)N. The van der Waals surface area contributed by atoms with Gasteiger partial charge in [0.15, 0.2) is 0 Å². The zero-order valence-electron chi connectivity index (χ0n) is 7.68. The standard InChI is InChI=1S/C7H12N6O/c1-10-6(11-2)5(8,9)7(12-3,13-4)14-6/h1-4,8-9H2. The molecule has 4 N–H and O–H groups in total. The van der Waals surface area contributed by atoms with Crippen molar-refractivity contribution < 1.29 is 4.74 Å². The first-order chi connectivity index (χ1) is 6.45. The Labute approximate surface area is 81.3 Å². The van der Waals surface area contributed by atoms with Crippen LogP contribution in [0.3, 0.4) is 0 Å². The van der Waals surface area contributed by atoms with Gasteiger partial charge in [0.2, 0.25) is 5.66 Å². The van der Waals surface area contributed by atoms with Crippen LogP contribution in [0, 0.1) is 0 Å². The van der Waals surface area contributed by atoms with Gasteiger partial charge in [0, 0.05) is 0 Å². The van der Waals surface area contributed by atoms with Gasteiger partial charge in [0.05, 0.1) is 0 Å². The maximum atomic E-state index is 5.74. The number of aliphatic imine (C=N–C) groups is 4. The molecule has 0 aliphatic carbocycles. The van der Waals surface area contributed by atoms with E-state index in [0.717, 1.165) is 0 Å². The maximum Gasteiger partial charge on any atom is 0.298 e. The third kappa shape index (κ3) is 0.808. The zero-order valence-corrected chi connectivity index (χ0v) is 7.68. The molecule has 0 aromatic rings. The minimum Gasteiger partial charge on any atom is -0.302 e. The van der Waals surface area contributed by atoms with Gasteiger partial charge in [-0.3, -0.25) is 4.74 Å². The van der Waals surface area contributed by atoms with Crippen LogP contribution in [0.4, 0.5) is 0 Å². The molecular formula is C7H12N6O. The van der Waals surface area contributed by atoms with Gasteiger partial charge in [0.1, 0.15) is 0 Å². The van der Waals surface area contributed by atoms with Gasteiger partial charge >= 0.3 is 0 Å². The Kier molecular flexibility index (Phi) is 2.11. The first-order valence-corrected chi connectivity index (χ1v) is 3.64. The Bertz CT molecular complexity index is 265. The van der Waals surface area contributed by atoms with Gasteiger partial charge in [-0.05, 0) is 26.9 Å². The Morgan fingerprint density at radius 3 is 1.21 bits per heavy atom. The summed E-state index contributed by atoms with van der Waals surface area (Å²) < 4.78 is 5.16. The molecule has 14 heavy (non-hydrogen) atoms. The van der Waals surface area contributed by atoms with Gasteiger partial charge in [-0.2, -0.15) is 0 Å². The predicted molar refractivity (Wildman–Crippen MR) is 55.8 cm³/mol. The van der Waals surface area contributed by atoms with Crippen molar-refractivity contribution in [3.05, 3.63) is 0 Å². The number of hydrogen-bond acceptors (Lipinski definition) is 7. The van der Waals surface area contributed by atoms with Crippen molar-refractivity contribution in [3.63, 3.8) is 0 Å². The third-order valence-electron chi connectivity index (χ3n) is 2.22. The number of rotatable bonds is 4. The van der Waals surface area contributed by atoms with Crippen molar-refractivity contribution in [1.82, 2.24) is 0 Å². The summed E-state index contributed by atoms with van der Waals surface area (Å²) >= 11 is 0. The summed E-state index contributed by atoms with van der Waals surface area (Å²) in [5.41, 5.74) is 9.89. The summed E-state index contributed by atoms with van der Waals surface area (Å²) in [5.74, 6) is -3.09. The summed E-state index contributed by atoms with van der Waals surface area (Å²) in [6, 6.07) is 0. The molecule has 0 unspecified atom stereocenters. The lowest BCUT2D eigenvalue weighted by Gasteiger charge is -2.57. The van der Waals surface area contributed by atoms with Crippen LogP contribution in [-0.2, 0) is 4.74 Å². The van der Waals surface area contributed by atoms with Gasteiger partial charge in [-0.25, -0.2) is 20.0 Å². The van der Waals surface area contributed by atoms with E-state index in [9.17, 15) is 0 Å². The van der Waals surface area contributed by atoms with E-state index in [-0.39, 0.29) is 0 Å². The lowest BCUT2D eigenvalue weighted by Crippen LogP contribution is -2.87. The van der Waals surface area contributed by atoms with Crippen LogP contribution < -0.4 is 11.5 Å². The molecule has 0 amide bonds. The second kappa shape index (κ2) is 2.77. The van der Waals surface area contributed by atoms with Gasteiger partial charge in [0.25, 0.3) is 11.7 Å². The van der Waals surface area contributed by atoms with Crippen molar-refractivity contribution >= 4 is 26.9 Å². The largest absolute Gasteiger partial charge is 0.302 e. The van der Waals surface area contributed by atoms with E-state index in [1.807, 2.05) is 0 Å². The van der Waals surface area contributed by atoms with Crippen LogP contribution >= 0.6 is 0 Å². The molecule has 0 aromatic carbocycles. The van der Waals surface area contributed by atoms with Crippen LogP contribution in [-0.4, -0.2) is 44.2 Å². The normalized spacial score (nSPS) is 25.6. The summed E-state index contributed by atoms with van der Waals surface area (Å²) in [7, 11) is 0. The Morgan fingerprint density at radius 1 is 0.786 bits per heavy atom. The lowest BCUT2D eigenvalue weighted by molar-refractivity contribution is -0.320. The van der Waals surface area contributed by atoms with Crippen LogP contribution in [0.15, 0.2) is 20.0 Å². The van der Waals surface area contributed by atoms with Crippen molar-refractivity contribution in [1.29, 1.82) is 0 Å². The molecule has 1 heterocycles. The smallest absolute Gasteiger partial charge is 0.298 e. The van der Waals surface area contributed by atoms with Gasteiger partial charge in [-0.15, -0.1) is 0 Å². The third-order valence-corrected chi connectivity index (χ3v) is 2.22. The topological polar surface area (TPSA) is 111 Å². The molecular weight excluding hydrogens is 184 g/mol. The molecule has 7 heteroatoms. The summed E-state index contributed by atoms with van der Waals surface area (Å²) in [6.45, 7) is 13.1.